The Morgan fingerprint density at radius 1 is 1.03 bits per heavy atom. The molecule has 0 saturated carbocycles. The van der Waals surface area contributed by atoms with Crippen LogP contribution in [0.25, 0.3) is 28.3 Å². The number of halogens is 5. The van der Waals surface area contributed by atoms with E-state index >= 15 is 0 Å². The number of amides is 1. The molecule has 0 aliphatic carbocycles. The van der Waals surface area contributed by atoms with Gasteiger partial charge in [0.05, 0.1) is 17.4 Å². The zero-order chi connectivity index (χ0) is 22.3. The second-order valence-electron chi connectivity index (χ2n) is 6.41. The lowest BCUT2D eigenvalue weighted by Gasteiger charge is -2.12. The lowest BCUT2D eigenvalue weighted by atomic mass is 10.0. The average Bonchev–Trinajstić information content (AvgIpc) is 3.32. The molecular formula is C20H11F5N4O2. The van der Waals surface area contributed by atoms with Crippen LogP contribution in [0.3, 0.4) is 0 Å². The van der Waals surface area contributed by atoms with Gasteiger partial charge in [0.2, 0.25) is 0 Å². The van der Waals surface area contributed by atoms with Crippen LogP contribution in [0.1, 0.15) is 16.1 Å². The van der Waals surface area contributed by atoms with Crippen molar-refractivity contribution >= 4 is 5.91 Å². The van der Waals surface area contributed by atoms with E-state index in [0.29, 0.717) is 4.68 Å². The van der Waals surface area contributed by atoms with Gasteiger partial charge in [0.1, 0.15) is 22.9 Å². The van der Waals surface area contributed by atoms with E-state index in [1.165, 1.54) is 24.3 Å². The van der Waals surface area contributed by atoms with Crippen LogP contribution in [-0.2, 0) is 6.18 Å². The fraction of sp³-hybridized carbons (Fsp3) is 0.0500. The molecule has 11 heteroatoms. The number of nitrogens with two attached hydrogens (primary N) is 1. The standard InChI is InChI=1S/C20H11F5N4O2/c21-11-4-1-3-10(7-11)16-15(19(26)30)17(31-28-16)14-9-27-29(18(14)20(23,24)25)13-6-2-5-12(22)8-13/h1-9H,(H2,26,30). The van der Waals surface area contributed by atoms with Crippen LogP contribution in [0, 0.1) is 11.6 Å². The summed E-state index contributed by atoms with van der Waals surface area (Å²) >= 11 is 0. The number of alkyl halides is 3. The van der Waals surface area contributed by atoms with Crippen molar-refractivity contribution < 1.29 is 31.3 Å². The van der Waals surface area contributed by atoms with Crippen molar-refractivity contribution in [1.29, 1.82) is 0 Å². The first kappa shape index (κ1) is 20.3. The molecule has 0 unspecified atom stereocenters. The molecule has 31 heavy (non-hydrogen) atoms. The molecule has 4 rings (SSSR count). The van der Waals surface area contributed by atoms with Crippen molar-refractivity contribution in [2.45, 2.75) is 6.18 Å². The maximum Gasteiger partial charge on any atom is 0.434 e. The van der Waals surface area contributed by atoms with E-state index in [-0.39, 0.29) is 16.9 Å². The maximum atomic E-state index is 13.9. The third-order valence-electron chi connectivity index (χ3n) is 4.37. The monoisotopic (exact) mass is 434 g/mol. The summed E-state index contributed by atoms with van der Waals surface area (Å²) in [6.07, 6.45) is -4.17. The molecule has 0 saturated heterocycles. The van der Waals surface area contributed by atoms with E-state index in [2.05, 4.69) is 10.3 Å². The topological polar surface area (TPSA) is 86.9 Å². The fourth-order valence-corrected chi connectivity index (χ4v) is 3.13. The Balaban J connectivity index is 1.96. The summed E-state index contributed by atoms with van der Waals surface area (Å²) in [5, 5.41) is 7.33. The van der Waals surface area contributed by atoms with Crippen molar-refractivity contribution in [3.05, 3.63) is 77.6 Å². The van der Waals surface area contributed by atoms with Gasteiger partial charge in [-0.25, -0.2) is 13.5 Å². The van der Waals surface area contributed by atoms with Gasteiger partial charge in [-0.3, -0.25) is 4.79 Å². The van der Waals surface area contributed by atoms with Gasteiger partial charge in [0.15, 0.2) is 11.5 Å². The summed E-state index contributed by atoms with van der Waals surface area (Å²) in [6.45, 7) is 0. The van der Waals surface area contributed by atoms with Gasteiger partial charge in [-0.15, -0.1) is 0 Å². The highest BCUT2D eigenvalue weighted by Gasteiger charge is 2.41. The molecule has 0 atom stereocenters. The molecule has 0 aliphatic heterocycles. The molecule has 2 aromatic carbocycles. The van der Waals surface area contributed by atoms with Gasteiger partial charge in [0, 0.05) is 5.56 Å². The molecule has 0 aliphatic rings. The van der Waals surface area contributed by atoms with E-state index in [0.717, 1.165) is 30.5 Å². The van der Waals surface area contributed by atoms with Crippen LogP contribution in [0.4, 0.5) is 22.0 Å². The van der Waals surface area contributed by atoms with E-state index < -0.39 is 46.3 Å². The Labute approximate surface area is 170 Å². The van der Waals surface area contributed by atoms with Crippen molar-refractivity contribution in [2.75, 3.05) is 0 Å². The number of aromatic nitrogens is 3. The third-order valence-corrected chi connectivity index (χ3v) is 4.37. The van der Waals surface area contributed by atoms with Crippen LogP contribution < -0.4 is 5.73 Å². The predicted molar refractivity (Wildman–Crippen MR) is 97.9 cm³/mol. The van der Waals surface area contributed by atoms with Crippen LogP contribution in [-0.4, -0.2) is 20.8 Å². The van der Waals surface area contributed by atoms with Gasteiger partial charge in [-0.1, -0.05) is 23.4 Å². The van der Waals surface area contributed by atoms with Crippen LogP contribution in [0.5, 0.6) is 0 Å². The smallest absolute Gasteiger partial charge is 0.365 e. The molecule has 2 aromatic heterocycles. The first-order chi connectivity index (χ1) is 14.7. The number of nitrogens with zero attached hydrogens (tertiary/aromatic N) is 3. The summed E-state index contributed by atoms with van der Waals surface area (Å²) in [7, 11) is 0. The zero-order valence-electron chi connectivity index (χ0n) is 15.3. The molecule has 6 nitrogen and oxygen atoms in total. The van der Waals surface area contributed by atoms with Crippen molar-refractivity contribution in [2.24, 2.45) is 5.73 Å². The third kappa shape index (κ3) is 3.65. The normalized spacial score (nSPS) is 11.6. The van der Waals surface area contributed by atoms with E-state index in [9.17, 15) is 26.7 Å². The van der Waals surface area contributed by atoms with Crippen LogP contribution in [0.15, 0.2) is 59.3 Å². The van der Waals surface area contributed by atoms with Gasteiger partial charge in [-0.05, 0) is 30.3 Å². The Hall–Kier alpha value is -4.02. The second-order valence-corrected chi connectivity index (χ2v) is 6.41. The quantitative estimate of drug-likeness (QED) is 0.476. The first-order valence-electron chi connectivity index (χ1n) is 8.63. The number of hydrogen-bond donors (Lipinski definition) is 1. The highest BCUT2D eigenvalue weighted by atomic mass is 19.4. The first-order valence-corrected chi connectivity index (χ1v) is 8.63. The Morgan fingerprint density at radius 2 is 1.71 bits per heavy atom. The predicted octanol–water partition coefficient (Wildman–Crippen LogP) is 4.59. The van der Waals surface area contributed by atoms with Crippen molar-refractivity contribution in [3.8, 4) is 28.3 Å². The van der Waals surface area contributed by atoms with E-state index in [4.69, 9.17) is 10.3 Å². The van der Waals surface area contributed by atoms with Crippen molar-refractivity contribution in [3.63, 3.8) is 0 Å². The van der Waals surface area contributed by atoms with Gasteiger partial charge >= 0.3 is 6.18 Å². The summed E-state index contributed by atoms with van der Waals surface area (Å²) in [6, 6.07) is 9.24. The molecule has 0 fully saturated rings. The highest BCUT2D eigenvalue weighted by molar-refractivity contribution is 6.04. The molecule has 2 N–H and O–H groups in total. The summed E-state index contributed by atoms with van der Waals surface area (Å²) in [5.41, 5.74) is 2.58. The number of benzene rings is 2. The van der Waals surface area contributed by atoms with Crippen molar-refractivity contribution in [1.82, 2.24) is 14.9 Å². The Morgan fingerprint density at radius 3 is 2.32 bits per heavy atom. The molecule has 158 valence electrons. The Bertz CT molecular complexity index is 1290. The van der Waals surface area contributed by atoms with E-state index in [1.54, 1.807) is 0 Å². The number of hydrogen-bond acceptors (Lipinski definition) is 4. The number of rotatable bonds is 4. The Kier molecular flexibility index (Phi) is 4.80. The van der Waals surface area contributed by atoms with Gasteiger partial charge < -0.3 is 10.3 Å². The minimum Gasteiger partial charge on any atom is -0.365 e. The average molecular weight is 434 g/mol. The summed E-state index contributed by atoms with van der Waals surface area (Å²) in [4.78, 5) is 12.1. The molecule has 2 heterocycles. The molecule has 4 aromatic rings. The minimum atomic E-state index is -4.97. The largest absolute Gasteiger partial charge is 0.434 e. The lowest BCUT2D eigenvalue weighted by molar-refractivity contribution is -0.142. The molecule has 1 amide bonds. The maximum absolute atomic E-state index is 13.9. The second kappa shape index (κ2) is 7.35. The lowest BCUT2D eigenvalue weighted by Crippen LogP contribution is -2.16. The molecular weight excluding hydrogens is 423 g/mol. The fourth-order valence-electron chi connectivity index (χ4n) is 3.13. The SMILES string of the molecule is NC(=O)c1c(-c2cccc(F)c2)noc1-c1cnn(-c2cccc(F)c2)c1C(F)(F)F. The minimum absolute atomic E-state index is 0.0786. The number of carbonyl (C=O) groups is 1. The molecule has 0 spiro atoms. The van der Waals surface area contributed by atoms with Crippen LogP contribution >= 0.6 is 0 Å². The van der Waals surface area contributed by atoms with Gasteiger partial charge in [-0.2, -0.15) is 18.3 Å². The summed E-state index contributed by atoms with van der Waals surface area (Å²) in [5.74, 6) is -3.16. The number of primary amides is 1. The molecule has 0 bridgehead atoms. The zero-order valence-corrected chi connectivity index (χ0v) is 15.3. The molecule has 0 radical (unpaired) electrons. The van der Waals surface area contributed by atoms with E-state index in [1.807, 2.05) is 0 Å². The van der Waals surface area contributed by atoms with Gasteiger partial charge in [0.25, 0.3) is 5.91 Å². The number of carbonyl (C=O) groups excluding carboxylic acids is 1. The highest BCUT2D eigenvalue weighted by Crippen LogP contribution is 2.41. The summed E-state index contributed by atoms with van der Waals surface area (Å²) < 4.78 is 74.5. The van der Waals surface area contributed by atoms with Crippen LogP contribution in [0.2, 0.25) is 0 Å².